The van der Waals surface area contributed by atoms with E-state index in [-0.39, 0.29) is 0 Å². The Morgan fingerprint density at radius 1 is 1.17 bits per heavy atom. The van der Waals surface area contributed by atoms with Crippen LogP contribution in [0.2, 0.25) is 5.02 Å². The first-order valence-electron chi connectivity index (χ1n) is 5.32. The van der Waals surface area contributed by atoms with E-state index in [0.717, 1.165) is 15.7 Å². The summed E-state index contributed by atoms with van der Waals surface area (Å²) in [7, 11) is 1.59. The third kappa shape index (κ3) is 3.34. The first kappa shape index (κ1) is 13.1. The van der Waals surface area contributed by atoms with Crippen LogP contribution < -0.4 is 4.74 Å². The number of benzene rings is 2. The number of aliphatic imine (C=N–C) groups is 1. The van der Waals surface area contributed by atoms with E-state index in [1.54, 1.807) is 25.5 Å². The summed E-state index contributed by atoms with van der Waals surface area (Å²) >= 11 is 9.34. The Hall–Kier alpha value is -1.32. The molecule has 2 nitrogen and oxygen atoms in total. The molecule has 18 heavy (non-hydrogen) atoms. The van der Waals surface area contributed by atoms with Gasteiger partial charge < -0.3 is 4.74 Å². The standard InChI is InChI=1S/C14H11BrClNO/c1-18-14-8-12(6-7-13(14)16)17-9-10-2-4-11(15)5-3-10/h2-9H,1H3. The predicted octanol–water partition coefficient (Wildman–Crippen LogP) is 4.86. The van der Waals surface area contributed by atoms with Crippen LogP contribution in [-0.2, 0) is 0 Å². The summed E-state index contributed by atoms with van der Waals surface area (Å²) in [5.41, 5.74) is 1.84. The molecule has 0 bridgehead atoms. The number of hydrogen-bond acceptors (Lipinski definition) is 2. The molecule has 0 fully saturated rings. The molecule has 0 N–H and O–H groups in total. The fourth-order valence-electron chi connectivity index (χ4n) is 1.43. The summed E-state index contributed by atoms with van der Waals surface area (Å²) in [5.74, 6) is 0.627. The predicted molar refractivity (Wildman–Crippen MR) is 79.4 cm³/mol. The highest BCUT2D eigenvalue weighted by molar-refractivity contribution is 9.10. The lowest BCUT2D eigenvalue weighted by Gasteiger charge is -2.03. The second kappa shape index (κ2) is 6.03. The van der Waals surface area contributed by atoms with Crippen LogP contribution in [0.4, 0.5) is 5.69 Å². The van der Waals surface area contributed by atoms with Crippen LogP contribution in [0.25, 0.3) is 0 Å². The maximum atomic E-state index is 5.95. The highest BCUT2D eigenvalue weighted by Crippen LogP contribution is 2.28. The molecule has 0 saturated carbocycles. The smallest absolute Gasteiger partial charge is 0.139 e. The summed E-state index contributed by atoms with van der Waals surface area (Å²) in [4.78, 5) is 4.38. The van der Waals surface area contributed by atoms with Crippen LogP contribution in [0.15, 0.2) is 51.9 Å². The van der Waals surface area contributed by atoms with Gasteiger partial charge in [-0.3, -0.25) is 4.99 Å². The molecule has 0 radical (unpaired) electrons. The molecule has 0 atom stereocenters. The van der Waals surface area contributed by atoms with Crippen LogP contribution in [0, 0.1) is 0 Å². The molecule has 4 heteroatoms. The average Bonchev–Trinajstić information content (AvgIpc) is 2.39. The molecule has 0 heterocycles. The molecule has 0 aliphatic rings. The van der Waals surface area contributed by atoms with E-state index in [4.69, 9.17) is 16.3 Å². The van der Waals surface area contributed by atoms with Gasteiger partial charge in [-0.1, -0.05) is 39.7 Å². The quantitative estimate of drug-likeness (QED) is 0.739. The Morgan fingerprint density at radius 3 is 2.56 bits per heavy atom. The average molecular weight is 325 g/mol. The van der Waals surface area contributed by atoms with Gasteiger partial charge in [0.25, 0.3) is 0 Å². The normalized spacial score (nSPS) is 10.8. The third-order valence-electron chi connectivity index (χ3n) is 2.37. The second-order valence-corrected chi connectivity index (χ2v) is 4.95. The maximum absolute atomic E-state index is 5.95. The molecular formula is C14H11BrClNO. The van der Waals surface area contributed by atoms with Gasteiger partial charge in [-0.05, 0) is 29.8 Å². The molecule has 2 aromatic rings. The SMILES string of the molecule is COc1cc(N=Cc2ccc(Br)cc2)ccc1Cl. The number of hydrogen-bond donors (Lipinski definition) is 0. The van der Waals surface area contributed by atoms with Gasteiger partial charge in [0, 0.05) is 16.8 Å². The van der Waals surface area contributed by atoms with Crippen molar-refractivity contribution in [2.24, 2.45) is 4.99 Å². The second-order valence-electron chi connectivity index (χ2n) is 3.63. The zero-order chi connectivity index (χ0) is 13.0. The van der Waals surface area contributed by atoms with Gasteiger partial charge in [-0.15, -0.1) is 0 Å². The number of halogens is 2. The van der Waals surface area contributed by atoms with Crippen molar-refractivity contribution in [2.45, 2.75) is 0 Å². The topological polar surface area (TPSA) is 21.6 Å². The summed E-state index contributed by atoms with van der Waals surface area (Å²) < 4.78 is 6.19. The van der Waals surface area contributed by atoms with Gasteiger partial charge in [-0.2, -0.15) is 0 Å². The van der Waals surface area contributed by atoms with Crippen molar-refractivity contribution in [3.8, 4) is 5.75 Å². The van der Waals surface area contributed by atoms with Crippen molar-refractivity contribution >= 4 is 39.4 Å². The zero-order valence-corrected chi connectivity index (χ0v) is 12.1. The number of ether oxygens (including phenoxy) is 1. The lowest BCUT2D eigenvalue weighted by molar-refractivity contribution is 0.415. The van der Waals surface area contributed by atoms with Crippen molar-refractivity contribution in [1.29, 1.82) is 0 Å². The maximum Gasteiger partial charge on any atom is 0.139 e. The Bertz CT molecular complexity index is 567. The number of nitrogens with zero attached hydrogens (tertiary/aromatic N) is 1. The van der Waals surface area contributed by atoms with Crippen molar-refractivity contribution in [3.63, 3.8) is 0 Å². The highest BCUT2D eigenvalue weighted by atomic mass is 79.9. The minimum atomic E-state index is 0.583. The minimum Gasteiger partial charge on any atom is -0.495 e. The lowest BCUT2D eigenvalue weighted by atomic mass is 10.2. The van der Waals surface area contributed by atoms with Gasteiger partial charge in [0.15, 0.2) is 0 Å². The number of rotatable bonds is 3. The molecule has 0 aromatic heterocycles. The molecule has 0 aliphatic heterocycles. The molecule has 0 unspecified atom stereocenters. The Morgan fingerprint density at radius 2 is 1.89 bits per heavy atom. The van der Waals surface area contributed by atoms with Gasteiger partial charge in [-0.25, -0.2) is 0 Å². The molecule has 2 aromatic carbocycles. The molecule has 2 rings (SSSR count). The molecule has 0 amide bonds. The molecule has 0 aliphatic carbocycles. The summed E-state index contributed by atoms with van der Waals surface area (Å²) in [6.45, 7) is 0. The van der Waals surface area contributed by atoms with E-state index in [0.29, 0.717) is 10.8 Å². The van der Waals surface area contributed by atoms with E-state index in [1.807, 2.05) is 30.3 Å². The van der Waals surface area contributed by atoms with Crippen molar-refractivity contribution < 1.29 is 4.74 Å². The Balaban J connectivity index is 2.20. The van der Waals surface area contributed by atoms with Crippen LogP contribution in [-0.4, -0.2) is 13.3 Å². The number of methoxy groups -OCH3 is 1. The van der Waals surface area contributed by atoms with E-state index in [1.165, 1.54) is 0 Å². The fourth-order valence-corrected chi connectivity index (χ4v) is 1.89. The van der Waals surface area contributed by atoms with Gasteiger partial charge in [0.1, 0.15) is 5.75 Å². The van der Waals surface area contributed by atoms with E-state index >= 15 is 0 Å². The molecule has 0 saturated heterocycles. The molecular weight excluding hydrogens is 314 g/mol. The molecule has 92 valence electrons. The first-order valence-corrected chi connectivity index (χ1v) is 6.49. The van der Waals surface area contributed by atoms with E-state index in [9.17, 15) is 0 Å². The minimum absolute atomic E-state index is 0.583. The lowest BCUT2D eigenvalue weighted by Crippen LogP contribution is -1.83. The summed E-state index contributed by atoms with van der Waals surface area (Å²) in [6, 6.07) is 13.3. The van der Waals surface area contributed by atoms with Crippen molar-refractivity contribution in [2.75, 3.05) is 7.11 Å². The summed E-state index contributed by atoms with van der Waals surface area (Å²) in [5, 5.41) is 0.583. The zero-order valence-electron chi connectivity index (χ0n) is 9.73. The van der Waals surface area contributed by atoms with Crippen LogP contribution in [0.1, 0.15) is 5.56 Å². The van der Waals surface area contributed by atoms with Crippen LogP contribution in [0.3, 0.4) is 0 Å². The highest BCUT2D eigenvalue weighted by Gasteiger charge is 2.00. The van der Waals surface area contributed by atoms with Crippen molar-refractivity contribution in [3.05, 3.63) is 57.5 Å². The third-order valence-corrected chi connectivity index (χ3v) is 3.21. The van der Waals surface area contributed by atoms with Gasteiger partial charge in [0.05, 0.1) is 17.8 Å². The Labute approximate surface area is 119 Å². The van der Waals surface area contributed by atoms with E-state index < -0.39 is 0 Å². The summed E-state index contributed by atoms with van der Waals surface area (Å²) in [6.07, 6.45) is 1.80. The van der Waals surface area contributed by atoms with Gasteiger partial charge in [0.2, 0.25) is 0 Å². The van der Waals surface area contributed by atoms with Crippen LogP contribution >= 0.6 is 27.5 Å². The van der Waals surface area contributed by atoms with Crippen LogP contribution in [0.5, 0.6) is 5.75 Å². The monoisotopic (exact) mass is 323 g/mol. The fraction of sp³-hybridized carbons (Fsp3) is 0.0714. The molecule has 0 spiro atoms. The van der Waals surface area contributed by atoms with Gasteiger partial charge >= 0.3 is 0 Å². The van der Waals surface area contributed by atoms with Crippen molar-refractivity contribution in [1.82, 2.24) is 0 Å². The first-order chi connectivity index (χ1) is 8.69. The van der Waals surface area contributed by atoms with E-state index in [2.05, 4.69) is 20.9 Å². The Kier molecular flexibility index (Phi) is 4.39. The largest absolute Gasteiger partial charge is 0.495 e.